The van der Waals surface area contributed by atoms with Crippen molar-refractivity contribution in [2.45, 2.75) is 44.8 Å². The molecule has 1 heterocycles. The normalized spacial score (nSPS) is 18.9. The van der Waals surface area contributed by atoms with Crippen LogP contribution in [0.3, 0.4) is 0 Å². The van der Waals surface area contributed by atoms with Crippen LogP contribution in [0.5, 0.6) is 0 Å². The minimum absolute atomic E-state index is 0.165. The van der Waals surface area contributed by atoms with Gasteiger partial charge in [-0.25, -0.2) is 0 Å². The number of methoxy groups -OCH3 is 1. The molecular weight excluding hydrogens is 302 g/mol. The second-order valence-corrected chi connectivity index (χ2v) is 6.39. The molecule has 5 heteroatoms. The zero-order chi connectivity index (χ0) is 17.4. The molecule has 0 radical (unpaired) electrons. The predicted octanol–water partition coefficient (Wildman–Crippen LogP) is 2.67. The number of hydrogen-bond acceptors (Lipinski definition) is 3. The van der Waals surface area contributed by atoms with E-state index >= 15 is 0 Å². The summed E-state index contributed by atoms with van der Waals surface area (Å²) in [7, 11) is 3.58. The first-order chi connectivity index (χ1) is 11.6. The molecule has 1 aliphatic rings. The van der Waals surface area contributed by atoms with Gasteiger partial charge in [-0.1, -0.05) is 31.2 Å². The van der Waals surface area contributed by atoms with Gasteiger partial charge in [0.05, 0.1) is 11.6 Å². The second-order valence-electron chi connectivity index (χ2n) is 6.39. The Hall–Kier alpha value is -1.59. The van der Waals surface area contributed by atoms with Crippen molar-refractivity contribution in [1.82, 2.24) is 10.6 Å². The zero-order valence-electron chi connectivity index (χ0n) is 15.4. The van der Waals surface area contributed by atoms with E-state index < -0.39 is 0 Å². The van der Waals surface area contributed by atoms with Crippen molar-refractivity contribution in [2.24, 2.45) is 4.99 Å². The first-order valence-electron chi connectivity index (χ1n) is 8.81. The van der Waals surface area contributed by atoms with Crippen molar-refractivity contribution in [1.29, 1.82) is 0 Å². The zero-order valence-corrected chi connectivity index (χ0v) is 15.4. The van der Waals surface area contributed by atoms with Crippen LogP contribution < -0.4 is 10.6 Å². The number of hydrogen-bond donors (Lipinski definition) is 2. The molecule has 1 saturated heterocycles. The maximum absolute atomic E-state index is 5.76. The maximum atomic E-state index is 5.76. The Morgan fingerprint density at radius 1 is 1.29 bits per heavy atom. The lowest BCUT2D eigenvalue weighted by molar-refractivity contribution is -0.0855. The highest BCUT2D eigenvalue weighted by molar-refractivity contribution is 5.80. The minimum atomic E-state index is -0.165. The highest BCUT2D eigenvalue weighted by atomic mass is 16.5. The number of rotatable bonds is 6. The number of guanidine groups is 1. The van der Waals surface area contributed by atoms with Crippen LogP contribution in [0.4, 0.5) is 0 Å². The summed E-state index contributed by atoms with van der Waals surface area (Å²) < 4.78 is 11.2. The minimum Gasteiger partial charge on any atom is -0.381 e. The van der Waals surface area contributed by atoms with Crippen LogP contribution in [-0.2, 0) is 15.9 Å². The molecule has 0 bridgehead atoms. The van der Waals surface area contributed by atoms with Crippen molar-refractivity contribution in [3.8, 4) is 0 Å². The number of ether oxygens (including phenoxy) is 2. The van der Waals surface area contributed by atoms with E-state index in [1.807, 2.05) is 0 Å². The molecule has 0 spiro atoms. The third-order valence-electron chi connectivity index (χ3n) is 4.88. The van der Waals surface area contributed by atoms with Crippen molar-refractivity contribution >= 4 is 5.96 Å². The smallest absolute Gasteiger partial charge is 0.191 e. The molecule has 24 heavy (non-hydrogen) atoms. The standard InChI is InChI=1S/C19H31N3O2/c1-5-16-6-8-17(9-7-16)15(2)22-18(20-3)21-14-19(23-4)10-12-24-13-11-19/h6-9,15H,5,10-14H2,1-4H3,(H2,20,21,22). The van der Waals surface area contributed by atoms with Crippen LogP contribution in [0.25, 0.3) is 0 Å². The lowest BCUT2D eigenvalue weighted by atomic mass is 9.94. The number of nitrogens with zero attached hydrogens (tertiary/aromatic N) is 1. The van der Waals surface area contributed by atoms with Crippen LogP contribution in [0.2, 0.25) is 0 Å². The van der Waals surface area contributed by atoms with Gasteiger partial charge in [-0.2, -0.15) is 0 Å². The Labute approximate surface area is 145 Å². The van der Waals surface area contributed by atoms with Crippen molar-refractivity contribution < 1.29 is 9.47 Å². The molecule has 5 nitrogen and oxygen atoms in total. The van der Waals surface area contributed by atoms with E-state index in [0.717, 1.165) is 45.0 Å². The van der Waals surface area contributed by atoms with Crippen LogP contribution in [-0.4, -0.2) is 45.5 Å². The Kier molecular flexibility index (Phi) is 7.06. The highest BCUT2D eigenvalue weighted by Crippen LogP contribution is 2.23. The van der Waals surface area contributed by atoms with E-state index in [-0.39, 0.29) is 11.6 Å². The molecule has 0 aromatic heterocycles. The van der Waals surface area contributed by atoms with Gasteiger partial charge in [0.1, 0.15) is 0 Å². The number of benzene rings is 1. The van der Waals surface area contributed by atoms with E-state index in [4.69, 9.17) is 9.47 Å². The molecule has 0 aliphatic carbocycles. The van der Waals surface area contributed by atoms with Crippen LogP contribution in [0, 0.1) is 0 Å². The fourth-order valence-corrected chi connectivity index (χ4v) is 2.97. The van der Waals surface area contributed by atoms with Crippen LogP contribution >= 0.6 is 0 Å². The van der Waals surface area contributed by atoms with E-state index in [9.17, 15) is 0 Å². The van der Waals surface area contributed by atoms with Gasteiger partial charge in [-0.3, -0.25) is 4.99 Å². The fraction of sp³-hybridized carbons (Fsp3) is 0.632. The molecule has 1 unspecified atom stereocenters. The summed E-state index contributed by atoms with van der Waals surface area (Å²) >= 11 is 0. The number of aryl methyl sites for hydroxylation is 1. The topological polar surface area (TPSA) is 54.9 Å². The summed E-state index contributed by atoms with van der Waals surface area (Å²) in [5, 5.41) is 6.87. The summed E-state index contributed by atoms with van der Waals surface area (Å²) in [6.07, 6.45) is 2.87. The summed E-state index contributed by atoms with van der Waals surface area (Å²) in [5.41, 5.74) is 2.44. The summed E-state index contributed by atoms with van der Waals surface area (Å²) in [4.78, 5) is 4.34. The molecule has 2 rings (SSSR count). The van der Waals surface area contributed by atoms with Crippen molar-refractivity contribution in [3.63, 3.8) is 0 Å². The molecule has 0 saturated carbocycles. The lowest BCUT2D eigenvalue weighted by Crippen LogP contribution is -2.51. The van der Waals surface area contributed by atoms with Crippen molar-refractivity contribution in [3.05, 3.63) is 35.4 Å². The molecule has 1 atom stereocenters. The molecule has 2 N–H and O–H groups in total. The summed E-state index contributed by atoms with van der Waals surface area (Å²) in [5.74, 6) is 0.796. The molecule has 0 amide bonds. The van der Waals surface area contributed by atoms with Gasteiger partial charge < -0.3 is 20.1 Å². The van der Waals surface area contributed by atoms with E-state index in [0.29, 0.717) is 0 Å². The average molecular weight is 333 g/mol. The first-order valence-corrected chi connectivity index (χ1v) is 8.81. The van der Waals surface area contributed by atoms with E-state index in [2.05, 4.69) is 53.7 Å². The monoisotopic (exact) mass is 333 g/mol. The second kappa shape index (κ2) is 9.04. The molecule has 1 aromatic rings. The SMILES string of the molecule is CCc1ccc(C(C)NC(=NC)NCC2(OC)CCOCC2)cc1. The van der Waals surface area contributed by atoms with Gasteiger partial charge in [-0.05, 0) is 24.5 Å². The Morgan fingerprint density at radius 2 is 1.96 bits per heavy atom. The molecule has 1 aromatic carbocycles. The van der Waals surface area contributed by atoms with Gasteiger partial charge in [-0.15, -0.1) is 0 Å². The van der Waals surface area contributed by atoms with Gasteiger partial charge in [0.25, 0.3) is 0 Å². The molecule has 1 fully saturated rings. The van der Waals surface area contributed by atoms with Gasteiger partial charge in [0.2, 0.25) is 0 Å². The molecular formula is C19H31N3O2. The van der Waals surface area contributed by atoms with Gasteiger partial charge in [0.15, 0.2) is 5.96 Å². The quantitative estimate of drug-likeness (QED) is 0.621. The Balaban J connectivity index is 1.91. The predicted molar refractivity (Wildman–Crippen MR) is 98.5 cm³/mol. The highest BCUT2D eigenvalue weighted by Gasteiger charge is 2.32. The van der Waals surface area contributed by atoms with Crippen LogP contribution in [0.1, 0.15) is 43.9 Å². The Morgan fingerprint density at radius 3 is 2.50 bits per heavy atom. The number of aliphatic imine (C=N–C) groups is 1. The third kappa shape index (κ3) is 4.95. The molecule has 1 aliphatic heterocycles. The van der Waals surface area contributed by atoms with Crippen LogP contribution in [0.15, 0.2) is 29.3 Å². The molecule has 134 valence electrons. The number of nitrogens with one attached hydrogen (secondary N) is 2. The Bertz CT molecular complexity index is 522. The average Bonchev–Trinajstić information content (AvgIpc) is 2.65. The fourth-order valence-electron chi connectivity index (χ4n) is 2.97. The maximum Gasteiger partial charge on any atom is 0.191 e. The van der Waals surface area contributed by atoms with E-state index in [1.54, 1.807) is 14.2 Å². The van der Waals surface area contributed by atoms with Gasteiger partial charge >= 0.3 is 0 Å². The van der Waals surface area contributed by atoms with Gasteiger partial charge in [0, 0.05) is 46.8 Å². The first kappa shape index (κ1) is 18.7. The van der Waals surface area contributed by atoms with Crippen molar-refractivity contribution in [2.75, 3.05) is 33.9 Å². The lowest BCUT2D eigenvalue weighted by Gasteiger charge is -2.36. The third-order valence-corrected chi connectivity index (χ3v) is 4.88. The van der Waals surface area contributed by atoms with E-state index in [1.165, 1.54) is 11.1 Å². The largest absolute Gasteiger partial charge is 0.381 e. The summed E-state index contributed by atoms with van der Waals surface area (Å²) in [6.45, 7) is 6.55. The summed E-state index contributed by atoms with van der Waals surface area (Å²) in [6, 6.07) is 8.92.